The number of nitrogens with zero attached hydrogens (tertiary/aromatic N) is 1. The fraction of sp³-hybridized carbons (Fsp3) is 0.632. The fourth-order valence-electron chi connectivity index (χ4n) is 2.95. The third-order valence-electron chi connectivity index (χ3n) is 4.71. The number of carbonyl (C=O) groups is 1. The quantitative estimate of drug-likeness (QED) is 0.734. The van der Waals surface area contributed by atoms with Crippen molar-refractivity contribution in [2.45, 2.75) is 44.9 Å². The minimum absolute atomic E-state index is 0. The van der Waals surface area contributed by atoms with E-state index in [1.54, 1.807) is 11.8 Å². The maximum Gasteiger partial charge on any atom is 0.223 e. The lowest BCUT2D eigenvalue weighted by Crippen LogP contribution is -2.40. The summed E-state index contributed by atoms with van der Waals surface area (Å²) in [6.07, 6.45) is 2.93. The number of piperidine rings is 1. The molecular formula is C19H31ClN2OS. The van der Waals surface area contributed by atoms with Crippen LogP contribution in [0.25, 0.3) is 0 Å². The Hall–Kier alpha value is -0.710. The van der Waals surface area contributed by atoms with E-state index in [1.807, 2.05) is 0 Å². The molecule has 1 aromatic rings. The Morgan fingerprint density at radius 2 is 1.96 bits per heavy atom. The molecule has 2 rings (SSSR count). The van der Waals surface area contributed by atoms with Crippen LogP contribution in [0, 0.1) is 19.8 Å². The van der Waals surface area contributed by atoms with Crippen molar-refractivity contribution >= 4 is 30.1 Å². The largest absolute Gasteiger partial charge is 0.343 e. The Bertz CT molecular complexity index is 516. The number of likely N-dealkylation sites (tertiary alicyclic amines) is 1. The molecule has 0 bridgehead atoms. The van der Waals surface area contributed by atoms with Crippen molar-refractivity contribution in [2.75, 3.05) is 31.9 Å². The maximum atomic E-state index is 12.3. The first kappa shape index (κ1) is 21.3. The van der Waals surface area contributed by atoms with Gasteiger partial charge in [-0.2, -0.15) is 0 Å². The van der Waals surface area contributed by atoms with Gasteiger partial charge in [0, 0.05) is 30.2 Å². The number of thioether (sulfide) groups is 1. The maximum absolute atomic E-state index is 12.3. The van der Waals surface area contributed by atoms with Crippen LogP contribution < -0.4 is 5.32 Å². The van der Waals surface area contributed by atoms with Crippen LogP contribution in [-0.4, -0.2) is 42.7 Å². The van der Waals surface area contributed by atoms with Crippen LogP contribution in [0.2, 0.25) is 0 Å². The molecule has 1 aliphatic heterocycles. The fourth-order valence-corrected chi connectivity index (χ4v) is 3.89. The van der Waals surface area contributed by atoms with Crippen LogP contribution in [0.15, 0.2) is 23.1 Å². The van der Waals surface area contributed by atoms with E-state index < -0.39 is 0 Å². The zero-order chi connectivity index (χ0) is 16.7. The zero-order valence-corrected chi connectivity index (χ0v) is 16.8. The van der Waals surface area contributed by atoms with Crippen molar-refractivity contribution in [1.29, 1.82) is 0 Å². The number of hydrogen-bond acceptors (Lipinski definition) is 3. The summed E-state index contributed by atoms with van der Waals surface area (Å²) in [6.45, 7) is 10.4. The van der Waals surface area contributed by atoms with Gasteiger partial charge in [0.05, 0.1) is 0 Å². The number of aryl methyl sites for hydroxylation is 2. The SMILES string of the molecule is CCNCC1CCN(C(=O)CCSc2ccc(C)c(C)c2)CC1.Cl. The van der Waals surface area contributed by atoms with Crippen LogP contribution in [0.4, 0.5) is 0 Å². The first-order valence-electron chi connectivity index (χ1n) is 8.78. The van der Waals surface area contributed by atoms with E-state index in [0.29, 0.717) is 12.3 Å². The van der Waals surface area contributed by atoms with Gasteiger partial charge >= 0.3 is 0 Å². The molecule has 0 aliphatic carbocycles. The highest BCUT2D eigenvalue weighted by Gasteiger charge is 2.22. The summed E-state index contributed by atoms with van der Waals surface area (Å²) in [7, 11) is 0. The van der Waals surface area contributed by atoms with Crippen molar-refractivity contribution < 1.29 is 4.79 Å². The monoisotopic (exact) mass is 370 g/mol. The number of halogens is 1. The van der Waals surface area contributed by atoms with E-state index in [2.05, 4.69) is 49.2 Å². The lowest BCUT2D eigenvalue weighted by Gasteiger charge is -2.32. The molecule has 5 heteroatoms. The number of hydrogen-bond donors (Lipinski definition) is 1. The summed E-state index contributed by atoms with van der Waals surface area (Å²) in [5.41, 5.74) is 2.65. The van der Waals surface area contributed by atoms with Gasteiger partial charge in [-0.25, -0.2) is 0 Å². The van der Waals surface area contributed by atoms with E-state index in [9.17, 15) is 4.79 Å². The average Bonchev–Trinajstić information content (AvgIpc) is 2.56. The van der Waals surface area contributed by atoms with Gasteiger partial charge < -0.3 is 10.2 Å². The number of nitrogens with one attached hydrogen (secondary N) is 1. The molecule has 1 N–H and O–H groups in total. The van der Waals surface area contributed by atoms with Crippen LogP contribution in [0.3, 0.4) is 0 Å². The summed E-state index contributed by atoms with van der Waals surface area (Å²) in [6, 6.07) is 6.54. The molecule has 136 valence electrons. The second kappa shape index (κ2) is 11.0. The van der Waals surface area contributed by atoms with Crippen molar-refractivity contribution in [1.82, 2.24) is 10.2 Å². The van der Waals surface area contributed by atoms with Crippen molar-refractivity contribution in [3.63, 3.8) is 0 Å². The van der Waals surface area contributed by atoms with Crippen LogP contribution in [0.1, 0.15) is 37.3 Å². The van der Waals surface area contributed by atoms with Crippen molar-refractivity contribution in [3.05, 3.63) is 29.3 Å². The number of benzene rings is 1. The molecule has 1 saturated heterocycles. The third-order valence-corrected chi connectivity index (χ3v) is 5.71. The van der Waals surface area contributed by atoms with E-state index >= 15 is 0 Å². The minimum atomic E-state index is 0. The molecule has 24 heavy (non-hydrogen) atoms. The van der Waals surface area contributed by atoms with E-state index in [-0.39, 0.29) is 12.4 Å². The van der Waals surface area contributed by atoms with Gasteiger partial charge in [-0.15, -0.1) is 24.2 Å². The Morgan fingerprint density at radius 1 is 1.25 bits per heavy atom. The molecule has 0 aromatic heterocycles. The summed E-state index contributed by atoms with van der Waals surface area (Å²) in [5.74, 6) is 1.94. The average molecular weight is 371 g/mol. The lowest BCUT2D eigenvalue weighted by atomic mass is 9.96. The minimum Gasteiger partial charge on any atom is -0.343 e. The lowest BCUT2D eigenvalue weighted by molar-refractivity contribution is -0.132. The molecule has 0 atom stereocenters. The highest BCUT2D eigenvalue weighted by Crippen LogP contribution is 2.23. The summed E-state index contributed by atoms with van der Waals surface area (Å²) >= 11 is 1.79. The van der Waals surface area contributed by atoms with Crippen molar-refractivity contribution in [3.8, 4) is 0 Å². The summed E-state index contributed by atoms with van der Waals surface area (Å²) in [4.78, 5) is 15.7. The van der Waals surface area contributed by atoms with Gasteiger partial charge in [0.15, 0.2) is 0 Å². The second-order valence-corrected chi connectivity index (χ2v) is 7.64. The molecule has 3 nitrogen and oxygen atoms in total. The van der Waals surface area contributed by atoms with E-state index in [4.69, 9.17) is 0 Å². The normalized spacial score (nSPS) is 15.2. The Labute approximate surface area is 157 Å². The molecule has 0 radical (unpaired) electrons. The van der Waals surface area contributed by atoms with Gasteiger partial charge in [-0.1, -0.05) is 13.0 Å². The van der Waals surface area contributed by atoms with Gasteiger partial charge in [-0.3, -0.25) is 4.79 Å². The first-order chi connectivity index (χ1) is 11.1. The highest BCUT2D eigenvalue weighted by atomic mass is 35.5. The first-order valence-corrected chi connectivity index (χ1v) is 9.77. The second-order valence-electron chi connectivity index (χ2n) is 6.48. The van der Waals surface area contributed by atoms with E-state index in [0.717, 1.165) is 50.7 Å². The smallest absolute Gasteiger partial charge is 0.223 e. The molecular weight excluding hydrogens is 340 g/mol. The molecule has 1 heterocycles. The molecule has 0 unspecified atom stereocenters. The molecule has 0 spiro atoms. The topological polar surface area (TPSA) is 32.3 Å². The van der Waals surface area contributed by atoms with E-state index in [1.165, 1.54) is 16.0 Å². The third kappa shape index (κ3) is 6.66. The van der Waals surface area contributed by atoms with Crippen LogP contribution in [0.5, 0.6) is 0 Å². The van der Waals surface area contributed by atoms with Gasteiger partial charge in [-0.05, 0) is 69.0 Å². The predicted octanol–water partition coefficient (Wildman–Crippen LogP) is 4.06. The molecule has 1 aliphatic rings. The standard InChI is InChI=1S/C19H30N2OS.ClH/c1-4-20-14-17-7-10-21(11-8-17)19(22)9-12-23-18-6-5-15(2)16(3)13-18;/h5-6,13,17,20H,4,7-12,14H2,1-3H3;1H. The van der Waals surface area contributed by atoms with Crippen molar-refractivity contribution in [2.24, 2.45) is 5.92 Å². The van der Waals surface area contributed by atoms with Gasteiger partial charge in [0.2, 0.25) is 5.91 Å². The Kier molecular flexibility index (Phi) is 9.79. The Balaban J connectivity index is 0.00000288. The predicted molar refractivity (Wildman–Crippen MR) is 106 cm³/mol. The number of rotatable bonds is 7. The molecule has 1 aromatic carbocycles. The molecule has 1 fully saturated rings. The van der Waals surface area contributed by atoms with Gasteiger partial charge in [0.1, 0.15) is 0 Å². The summed E-state index contributed by atoms with van der Waals surface area (Å²) < 4.78 is 0. The van der Waals surface area contributed by atoms with Crippen LogP contribution in [-0.2, 0) is 4.79 Å². The number of carbonyl (C=O) groups excluding carboxylic acids is 1. The Morgan fingerprint density at radius 3 is 2.58 bits per heavy atom. The zero-order valence-electron chi connectivity index (χ0n) is 15.1. The number of amides is 1. The van der Waals surface area contributed by atoms with Gasteiger partial charge in [0.25, 0.3) is 0 Å². The highest BCUT2D eigenvalue weighted by molar-refractivity contribution is 7.99. The van der Waals surface area contributed by atoms with Crippen LogP contribution >= 0.6 is 24.2 Å². The summed E-state index contributed by atoms with van der Waals surface area (Å²) in [5, 5.41) is 3.42. The molecule has 0 saturated carbocycles. The molecule has 1 amide bonds.